The molecule has 0 unspecified atom stereocenters. The monoisotopic (exact) mass is 363 g/mol. The highest BCUT2D eigenvalue weighted by Crippen LogP contribution is 2.30. The Hall–Kier alpha value is -3.09. The summed E-state index contributed by atoms with van der Waals surface area (Å²) in [6.45, 7) is 1.14. The minimum absolute atomic E-state index is 0.245. The van der Waals surface area contributed by atoms with Crippen LogP contribution in [-0.4, -0.2) is 24.3 Å². The first kappa shape index (κ1) is 16.1. The van der Waals surface area contributed by atoms with E-state index < -0.39 is 0 Å². The molecule has 3 heterocycles. The van der Waals surface area contributed by atoms with Crippen LogP contribution in [0.25, 0.3) is 21.9 Å². The van der Waals surface area contributed by atoms with Crippen LogP contribution in [0, 0.1) is 5.92 Å². The number of H-pyrrole nitrogens is 2. The maximum absolute atomic E-state index is 12.9. The van der Waals surface area contributed by atoms with E-state index in [1.165, 1.54) is 28.4 Å². The average molecular weight is 363 g/mol. The SMILES string of the molecule is O=c1[nH]c2cnn(CC3CC3)c2c(=O)n1CCCc1c[nH]c2ccccc12. The van der Waals surface area contributed by atoms with Gasteiger partial charge in [-0.05, 0) is 43.2 Å². The second-order valence-corrected chi connectivity index (χ2v) is 7.38. The fraction of sp³-hybridized carbons (Fsp3) is 0.350. The van der Waals surface area contributed by atoms with Crippen molar-refractivity contribution < 1.29 is 0 Å². The molecule has 3 aromatic heterocycles. The van der Waals surface area contributed by atoms with E-state index in [1.807, 2.05) is 24.4 Å². The van der Waals surface area contributed by atoms with Gasteiger partial charge in [-0.2, -0.15) is 5.10 Å². The van der Waals surface area contributed by atoms with Gasteiger partial charge in [-0.25, -0.2) is 4.79 Å². The Bertz CT molecular complexity index is 1240. The second kappa shape index (κ2) is 6.26. The quantitative estimate of drug-likeness (QED) is 0.551. The van der Waals surface area contributed by atoms with Gasteiger partial charge >= 0.3 is 5.69 Å². The highest BCUT2D eigenvalue weighted by molar-refractivity contribution is 5.83. The van der Waals surface area contributed by atoms with Gasteiger partial charge in [0.25, 0.3) is 5.56 Å². The van der Waals surface area contributed by atoms with Gasteiger partial charge in [0, 0.05) is 30.2 Å². The van der Waals surface area contributed by atoms with Gasteiger partial charge < -0.3 is 9.97 Å². The van der Waals surface area contributed by atoms with Crippen molar-refractivity contribution in [3.63, 3.8) is 0 Å². The summed E-state index contributed by atoms with van der Waals surface area (Å²) >= 11 is 0. The first-order valence-corrected chi connectivity index (χ1v) is 9.44. The van der Waals surface area contributed by atoms with Crippen LogP contribution in [0.2, 0.25) is 0 Å². The Kier molecular flexibility index (Phi) is 3.74. The maximum Gasteiger partial charge on any atom is 0.328 e. The lowest BCUT2D eigenvalue weighted by atomic mass is 10.1. The predicted octanol–water partition coefficient (Wildman–Crippen LogP) is 2.41. The molecular formula is C20H21N5O2. The van der Waals surface area contributed by atoms with Gasteiger partial charge in [-0.15, -0.1) is 0 Å². The summed E-state index contributed by atoms with van der Waals surface area (Å²) in [4.78, 5) is 31.3. The van der Waals surface area contributed by atoms with E-state index in [0.717, 1.165) is 18.5 Å². The number of nitrogens with one attached hydrogen (secondary N) is 2. The van der Waals surface area contributed by atoms with Crippen molar-refractivity contribution >= 4 is 21.9 Å². The number of para-hydroxylation sites is 1. The van der Waals surface area contributed by atoms with Crippen LogP contribution < -0.4 is 11.2 Å². The molecule has 0 bridgehead atoms. The lowest BCUT2D eigenvalue weighted by Gasteiger charge is -2.06. The molecule has 0 amide bonds. The minimum atomic E-state index is -0.364. The summed E-state index contributed by atoms with van der Waals surface area (Å²) < 4.78 is 3.06. The Morgan fingerprint density at radius 2 is 2.00 bits per heavy atom. The third-order valence-corrected chi connectivity index (χ3v) is 5.40. The molecule has 5 rings (SSSR count). The van der Waals surface area contributed by atoms with Crippen molar-refractivity contribution in [2.75, 3.05) is 0 Å². The molecule has 0 radical (unpaired) electrons. The molecule has 2 N–H and O–H groups in total. The molecule has 27 heavy (non-hydrogen) atoms. The maximum atomic E-state index is 12.9. The molecule has 1 aromatic carbocycles. The van der Waals surface area contributed by atoms with Crippen molar-refractivity contribution in [3.8, 4) is 0 Å². The summed E-state index contributed by atoms with van der Waals surface area (Å²) in [6, 6.07) is 8.15. The first-order chi connectivity index (χ1) is 13.2. The van der Waals surface area contributed by atoms with E-state index in [4.69, 9.17) is 0 Å². The van der Waals surface area contributed by atoms with Crippen molar-refractivity contribution in [1.29, 1.82) is 0 Å². The molecule has 7 nitrogen and oxygen atoms in total. The van der Waals surface area contributed by atoms with Crippen LogP contribution in [0.4, 0.5) is 0 Å². The van der Waals surface area contributed by atoms with E-state index in [0.29, 0.717) is 29.9 Å². The molecule has 0 saturated heterocycles. The fourth-order valence-corrected chi connectivity index (χ4v) is 3.76. The molecule has 1 aliphatic rings. The first-order valence-electron chi connectivity index (χ1n) is 9.44. The normalized spacial score (nSPS) is 14.4. The van der Waals surface area contributed by atoms with Crippen LogP contribution in [0.3, 0.4) is 0 Å². The number of nitrogens with zero attached hydrogens (tertiary/aromatic N) is 3. The molecule has 0 aliphatic heterocycles. The van der Waals surface area contributed by atoms with Crippen LogP contribution in [-0.2, 0) is 19.5 Å². The molecule has 4 aromatic rings. The van der Waals surface area contributed by atoms with E-state index in [9.17, 15) is 9.59 Å². The van der Waals surface area contributed by atoms with E-state index in [1.54, 1.807) is 10.9 Å². The van der Waals surface area contributed by atoms with Gasteiger partial charge in [0.15, 0.2) is 5.52 Å². The predicted molar refractivity (Wildman–Crippen MR) is 104 cm³/mol. The Balaban J connectivity index is 1.41. The fourth-order valence-electron chi connectivity index (χ4n) is 3.76. The zero-order valence-corrected chi connectivity index (χ0v) is 14.9. The number of hydrogen-bond acceptors (Lipinski definition) is 3. The lowest BCUT2D eigenvalue weighted by Crippen LogP contribution is -2.36. The van der Waals surface area contributed by atoms with Crippen LogP contribution in [0.5, 0.6) is 0 Å². The van der Waals surface area contributed by atoms with Gasteiger partial charge in [-0.1, -0.05) is 18.2 Å². The van der Waals surface area contributed by atoms with Gasteiger partial charge in [0.1, 0.15) is 0 Å². The Labute approximate surface area is 154 Å². The van der Waals surface area contributed by atoms with E-state index >= 15 is 0 Å². The molecule has 7 heteroatoms. The Morgan fingerprint density at radius 1 is 1.15 bits per heavy atom. The summed E-state index contributed by atoms with van der Waals surface area (Å²) in [6.07, 6.45) is 7.47. The molecule has 0 spiro atoms. The molecule has 1 saturated carbocycles. The number of aromatic amines is 2. The number of hydrogen-bond donors (Lipinski definition) is 2. The van der Waals surface area contributed by atoms with E-state index in [-0.39, 0.29) is 11.2 Å². The number of aromatic nitrogens is 5. The van der Waals surface area contributed by atoms with Crippen molar-refractivity contribution in [3.05, 3.63) is 63.1 Å². The molecular weight excluding hydrogens is 342 g/mol. The second-order valence-electron chi connectivity index (χ2n) is 7.38. The van der Waals surface area contributed by atoms with Crippen LogP contribution >= 0.6 is 0 Å². The third kappa shape index (κ3) is 2.89. The summed E-state index contributed by atoms with van der Waals surface area (Å²) in [5, 5.41) is 5.49. The molecule has 1 fully saturated rings. The lowest BCUT2D eigenvalue weighted by molar-refractivity contribution is 0.565. The smallest absolute Gasteiger partial charge is 0.328 e. The third-order valence-electron chi connectivity index (χ3n) is 5.40. The standard InChI is InChI=1S/C20H21N5O2/c26-19-18-17(11-22-25(18)12-13-7-8-13)23-20(27)24(19)9-3-4-14-10-21-16-6-2-1-5-15(14)16/h1-2,5-6,10-11,13,21H,3-4,7-9,12H2,(H,23,27). The van der Waals surface area contributed by atoms with Gasteiger partial charge in [0.05, 0.1) is 11.7 Å². The average Bonchev–Trinajstić information content (AvgIpc) is 3.25. The van der Waals surface area contributed by atoms with Crippen molar-refractivity contribution in [2.24, 2.45) is 5.92 Å². The van der Waals surface area contributed by atoms with Gasteiger partial charge in [0.2, 0.25) is 0 Å². The Morgan fingerprint density at radius 3 is 2.85 bits per heavy atom. The number of fused-ring (bicyclic) bond motifs is 2. The highest BCUT2D eigenvalue weighted by atomic mass is 16.2. The zero-order valence-electron chi connectivity index (χ0n) is 14.9. The summed E-state index contributed by atoms with van der Waals surface area (Å²) in [5.41, 5.74) is 2.73. The largest absolute Gasteiger partial charge is 0.361 e. The van der Waals surface area contributed by atoms with Crippen LogP contribution in [0.15, 0.2) is 46.2 Å². The molecule has 1 aliphatic carbocycles. The minimum Gasteiger partial charge on any atom is -0.361 e. The molecule has 0 atom stereocenters. The van der Waals surface area contributed by atoms with Crippen LogP contribution in [0.1, 0.15) is 24.8 Å². The zero-order chi connectivity index (χ0) is 18.4. The summed E-state index contributed by atoms with van der Waals surface area (Å²) in [7, 11) is 0. The number of aryl methyl sites for hydroxylation is 1. The van der Waals surface area contributed by atoms with Gasteiger partial charge in [-0.3, -0.25) is 14.0 Å². The number of rotatable bonds is 6. The molecule has 138 valence electrons. The van der Waals surface area contributed by atoms with Crippen molar-refractivity contribution in [2.45, 2.75) is 38.8 Å². The topological polar surface area (TPSA) is 88.5 Å². The van der Waals surface area contributed by atoms with E-state index in [2.05, 4.69) is 21.1 Å². The summed E-state index contributed by atoms with van der Waals surface area (Å²) in [5.74, 6) is 0.606. The number of benzene rings is 1. The highest BCUT2D eigenvalue weighted by Gasteiger charge is 2.24. The van der Waals surface area contributed by atoms with Crippen molar-refractivity contribution in [1.82, 2.24) is 24.3 Å².